The summed E-state index contributed by atoms with van der Waals surface area (Å²) in [6.45, 7) is 10.4. The number of methoxy groups -OCH3 is 2. The highest BCUT2D eigenvalue weighted by Crippen LogP contribution is 2.44. The van der Waals surface area contributed by atoms with Crippen molar-refractivity contribution in [3.63, 3.8) is 0 Å². The second kappa shape index (κ2) is 14.8. The molecule has 0 fully saturated rings. The number of amides is 1. The molecule has 282 valence electrons. The summed E-state index contributed by atoms with van der Waals surface area (Å²) in [6.07, 6.45) is 3.87. The third-order valence-corrected chi connectivity index (χ3v) is 11.2. The van der Waals surface area contributed by atoms with Crippen molar-refractivity contribution in [3.05, 3.63) is 126 Å². The van der Waals surface area contributed by atoms with E-state index >= 15 is 0 Å². The molecule has 8 rings (SSSR count). The van der Waals surface area contributed by atoms with Gasteiger partial charge in [0.15, 0.2) is 0 Å². The van der Waals surface area contributed by atoms with Gasteiger partial charge in [0, 0.05) is 53.9 Å². The Bertz CT molecular complexity index is 2540. The number of ether oxygens (including phenoxy) is 2. The molecule has 6 aromatic rings. The number of hydrogen-bond acceptors (Lipinski definition) is 11. The number of hydrogen-bond donors (Lipinski definition) is 2. The van der Waals surface area contributed by atoms with E-state index in [4.69, 9.17) is 14.0 Å². The molecule has 14 heteroatoms. The summed E-state index contributed by atoms with van der Waals surface area (Å²) in [5, 5.41) is 8.13. The number of aryl methyl sites for hydroxylation is 2. The number of benzene rings is 3. The van der Waals surface area contributed by atoms with Gasteiger partial charge in [0.05, 0.1) is 60.7 Å². The molecule has 0 spiro atoms. The Hall–Kier alpha value is -6.41. The summed E-state index contributed by atoms with van der Waals surface area (Å²) in [6, 6.07) is 21.4. The SMILES string of the molecule is C=C1Nc2ccc(NS(=O)(=O)c3ccccc3OC)cc2CN1C.COc1cc2c3c(cnc2cc1-c1c(C)noc1C)CC(=O)N3[C@H](C)c1ccccn1. The van der Waals surface area contributed by atoms with Crippen molar-refractivity contribution in [1.82, 2.24) is 20.0 Å². The van der Waals surface area contributed by atoms with E-state index < -0.39 is 10.0 Å². The number of aromatic nitrogens is 3. The van der Waals surface area contributed by atoms with Crippen LogP contribution in [-0.4, -0.2) is 55.6 Å². The number of fused-ring (bicyclic) bond motifs is 4. The van der Waals surface area contributed by atoms with Crippen molar-refractivity contribution >= 4 is 43.9 Å². The van der Waals surface area contributed by atoms with E-state index in [-0.39, 0.29) is 16.8 Å². The Morgan fingerprint density at radius 1 is 0.964 bits per heavy atom. The molecule has 5 heterocycles. The van der Waals surface area contributed by atoms with Crippen LogP contribution in [-0.2, 0) is 27.8 Å². The van der Waals surface area contributed by atoms with Gasteiger partial charge in [-0.2, -0.15) is 0 Å². The van der Waals surface area contributed by atoms with Gasteiger partial charge in [0.25, 0.3) is 10.0 Å². The van der Waals surface area contributed by atoms with Crippen LogP contribution in [0.15, 0.2) is 107 Å². The molecule has 1 atom stereocenters. The summed E-state index contributed by atoms with van der Waals surface area (Å²) in [4.78, 5) is 26.0. The van der Waals surface area contributed by atoms with Gasteiger partial charge in [0.2, 0.25) is 5.91 Å². The van der Waals surface area contributed by atoms with Gasteiger partial charge in [-0.25, -0.2) is 8.42 Å². The van der Waals surface area contributed by atoms with Crippen LogP contribution < -0.4 is 24.4 Å². The Labute approximate surface area is 319 Å². The molecule has 3 aromatic heterocycles. The van der Waals surface area contributed by atoms with Crippen LogP contribution in [0.4, 0.5) is 17.1 Å². The van der Waals surface area contributed by atoms with Crippen molar-refractivity contribution in [2.24, 2.45) is 0 Å². The lowest BCUT2D eigenvalue weighted by molar-refractivity contribution is -0.117. The second-order valence-electron chi connectivity index (χ2n) is 13.3. The minimum atomic E-state index is -3.73. The number of carbonyl (C=O) groups is 1. The molecule has 2 aliphatic heterocycles. The summed E-state index contributed by atoms with van der Waals surface area (Å²) < 4.78 is 44.1. The minimum Gasteiger partial charge on any atom is -0.496 e. The first kappa shape index (κ1) is 36.9. The third-order valence-electron chi connectivity index (χ3n) is 9.76. The maximum atomic E-state index is 13.0. The molecule has 55 heavy (non-hydrogen) atoms. The predicted molar refractivity (Wildman–Crippen MR) is 212 cm³/mol. The number of nitrogens with zero attached hydrogens (tertiary/aromatic N) is 5. The van der Waals surface area contributed by atoms with Crippen molar-refractivity contribution in [3.8, 4) is 22.6 Å². The third kappa shape index (κ3) is 7.03. The van der Waals surface area contributed by atoms with E-state index in [0.717, 1.165) is 67.5 Å². The summed E-state index contributed by atoms with van der Waals surface area (Å²) >= 11 is 0. The van der Waals surface area contributed by atoms with Crippen molar-refractivity contribution in [2.75, 3.05) is 36.2 Å². The lowest BCUT2D eigenvalue weighted by Gasteiger charge is -2.30. The van der Waals surface area contributed by atoms with Gasteiger partial charge >= 0.3 is 0 Å². The maximum absolute atomic E-state index is 13.0. The van der Waals surface area contributed by atoms with Crippen LogP contribution in [0.3, 0.4) is 0 Å². The number of anilines is 3. The first-order chi connectivity index (χ1) is 26.4. The Morgan fingerprint density at radius 2 is 1.73 bits per heavy atom. The number of rotatable bonds is 8. The molecule has 0 saturated carbocycles. The smallest absolute Gasteiger partial charge is 0.265 e. The fourth-order valence-corrected chi connectivity index (χ4v) is 8.21. The number of pyridine rings is 2. The molecule has 0 radical (unpaired) electrons. The van der Waals surface area contributed by atoms with E-state index in [2.05, 4.69) is 31.7 Å². The Kier molecular flexibility index (Phi) is 9.93. The molecule has 2 aliphatic rings. The van der Waals surface area contributed by atoms with E-state index in [1.165, 1.54) is 13.2 Å². The lowest BCUT2D eigenvalue weighted by atomic mass is 9.99. The molecule has 0 saturated heterocycles. The highest BCUT2D eigenvalue weighted by atomic mass is 32.2. The first-order valence-corrected chi connectivity index (χ1v) is 19.0. The normalized spacial score (nSPS) is 14.1. The monoisotopic (exact) mass is 759 g/mol. The molecule has 0 unspecified atom stereocenters. The largest absolute Gasteiger partial charge is 0.496 e. The quantitative estimate of drug-likeness (QED) is 0.160. The van der Waals surface area contributed by atoms with Gasteiger partial charge in [-0.15, -0.1) is 0 Å². The fourth-order valence-electron chi connectivity index (χ4n) is 6.99. The maximum Gasteiger partial charge on any atom is 0.265 e. The summed E-state index contributed by atoms with van der Waals surface area (Å²) in [7, 11) is 1.27. The zero-order valence-electron chi connectivity index (χ0n) is 31.4. The molecule has 13 nitrogen and oxygen atoms in total. The van der Waals surface area contributed by atoms with E-state index in [0.29, 0.717) is 30.2 Å². The lowest BCUT2D eigenvalue weighted by Crippen LogP contribution is -2.30. The Balaban J connectivity index is 0.000000175. The zero-order chi connectivity index (χ0) is 39.0. The van der Waals surface area contributed by atoms with Crippen LogP contribution in [0.25, 0.3) is 22.0 Å². The number of carbonyl (C=O) groups excluding carboxylic acids is 1. The molecular weight excluding hydrogens is 719 g/mol. The van der Waals surface area contributed by atoms with Crippen molar-refractivity contribution in [1.29, 1.82) is 0 Å². The van der Waals surface area contributed by atoms with E-state index in [1.807, 2.05) is 80.1 Å². The Morgan fingerprint density at radius 3 is 2.44 bits per heavy atom. The molecule has 1 amide bonds. The van der Waals surface area contributed by atoms with Crippen LogP contribution in [0.2, 0.25) is 0 Å². The van der Waals surface area contributed by atoms with Gasteiger partial charge in [-0.3, -0.25) is 19.5 Å². The first-order valence-electron chi connectivity index (χ1n) is 17.5. The standard InChI is InChI=1S/C24H22N4O3.C17H19N3O3S/c1-13-23(15(3)31-27-13)18-10-20-17(11-21(18)30-4)24-16(12-26-20)9-22(29)28(24)14(2)19-7-5-6-8-25-19;1-12-18-15-9-8-14(10-13(15)11-20(12)2)19-24(21,22)17-7-5-4-6-16(17)23-3/h5-8,10-12,14H,9H2,1-4H3;4-10,18-19H,1,11H2,2-3H3/t14-;/m1./s1. The van der Waals surface area contributed by atoms with E-state index in [1.54, 1.807) is 43.8 Å². The van der Waals surface area contributed by atoms with Gasteiger partial charge < -0.3 is 29.1 Å². The van der Waals surface area contributed by atoms with Crippen LogP contribution in [0, 0.1) is 13.8 Å². The average Bonchev–Trinajstić information content (AvgIpc) is 3.71. The van der Waals surface area contributed by atoms with Crippen LogP contribution >= 0.6 is 0 Å². The summed E-state index contributed by atoms with van der Waals surface area (Å²) in [5.74, 6) is 2.56. The molecular formula is C41H41N7O6S. The fraction of sp³-hybridized carbons (Fsp3) is 0.220. The van der Waals surface area contributed by atoms with Crippen molar-refractivity contribution in [2.45, 2.75) is 44.7 Å². The number of para-hydroxylation sites is 1. The minimum absolute atomic E-state index is 0.0382. The topological polar surface area (TPSA) is 152 Å². The molecule has 0 bridgehead atoms. The summed E-state index contributed by atoms with van der Waals surface area (Å²) in [5.41, 5.74) is 8.38. The highest BCUT2D eigenvalue weighted by molar-refractivity contribution is 7.92. The van der Waals surface area contributed by atoms with Gasteiger partial charge in [-0.1, -0.05) is 29.9 Å². The number of sulfonamides is 1. The van der Waals surface area contributed by atoms with E-state index in [9.17, 15) is 13.2 Å². The zero-order valence-corrected chi connectivity index (χ0v) is 32.2. The average molecular weight is 760 g/mol. The molecule has 0 aliphatic carbocycles. The predicted octanol–water partition coefficient (Wildman–Crippen LogP) is 7.39. The van der Waals surface area contributed by atoms with Gasteiger partial charge in [-0.05, 0) is 80.9 Å². The van der Waals surface area contributed by atoms with Gasteiger partial charge in [0.1, 0.15) is 22.2 Å². The number of nitrogens with one attached hydrogen (secondary N) is 2. The van der Waals surface area contributed by atoms with Crippen molar-refractivity contribution < 1.29 is 27.2 Å². The second-order valence-corrected chi connectivity index (χ2v) is 15.0. The molecule has 2 N–H and O–H groups in total. The van der Waals surface area contributed by atoms with Crippen LogP contribution in [0.5, 0.6) is 11.5 Å². The highest BCUT2D eigenvalue weighted by Gasteiger charge is 2.35. The molecule has 3 aromatic carbocycles. The van der Waals surface area contributed by atoms with Crippen LogP contribution in [0.1, 0.15) is 41.2 Å².